The quantitative estimate of drug-likeness (QED) is 0.310. The van der Waals surface area contributed by atoms with Crippen molar-refractivity contribution in [3.63, 3.8) is 0 Å². The van der Waals surface area contributed by atoms with E-state index in [4.69, 9.17) is 16.3 Å². The molecule has 206 valence electrons. The second kappa shape index (κ2) is 13.9. The van der Waals surface area contributed by atoms with E-state index < -0.39 is 15.9 Å². The third-order valence-corrected chi connectivity index (χ3v) is 7.63. The maximum Gasteiger partial charge on any atom is 0.309 e. The lowest BCUT2D eigenvalue weighted by molar-refractivity contribution is -0.150. The van der Waals surface area contributed by atoms with Crippen molar-refractivity contribution in [1.82, 2.24) is 15.0 Å². The van der Waals surface area contributed by atoms with Crippen molar-refractivity contribution >= 4 is 39.4 Å². The van der Waals surface area contributed by atoms with Gasteiger partial charge in [-0.2, -0.15) is 0 Å². The Bertz CT molecular complexity index is 1390. The number of amides is 2. The van der Waals surface area contributed by atoms with Crippen LogP contribution in [-0.2, 0) is 32.6 Å². The van der Waals surface area contributed by atoms with Crippen LogP contribution in [0.2, 0.25) is 5.02 Å². The number of sulfonamides is 1. The van der Waals surface area contributed by atoms with Gasteiger partial charge in [0.15, 0.2) is 0 Å². The van der Waals surface area contributed by atoms with Crippen LogP contribution in [0.4, 0.5) is 0 Å². The first-order chi connectivity index (χ1) is 18.6. The average Bonchev–Trinajstić information content (AvgIpc) is 2.93. The molecule has 3 rings (SSSR count). The van der Waals surface area contributed by atoms with Crippen LogP contribution >= 0.6 is 11.6 Å². The van der Waals surface area contributed by atoms with Crippen molar-refractivity contribution in [2.24, 2.45) is 5.92 Å². The molecule has 0 fully saturated rings. The van der Waals surface area contributed by atoms with Crippen molar-refractivity contribution in [2.45, 2.75) is 44.6 Å². The molecule has 0 aliphatic heterocycles. The smallest absolute Gasteiger partial charge is 0.309 e. The molecule has 0 aliphatic carbocycles. The fourth-order valence-electron chi connectivity index (χ4n) is 3.63. The topological polar surface area (TPSA) is 132 Å². The number of nitrogens with one attached hydrogen (secondary N) is 2. The van der Waals surface area contributed by atoms with E-state index in [2.05, 4.69) is 10.3 Å². The summed E-state index contributed by atoms with van der Waals surface area (Å²) in [5, 5.41) is 3.41. The molecule has 0 aliphatic rings. The van der Waals surface area contributed by atoms with Crippen molar-refractivity contribution in [3.05, 3.63) is 94.3 Å². The molecule has 0 atom stereocenters. The van der Waals surface area contributed by atoms with E-state index in [9.17, 15) is 22.8 Å². The first kappa shape index (κ1) is 29.8. The van der Waals surface area contributed by atoms with Crippen molar-refractivity contribution in [2.75, 3.05) is 6.54 Å². The Kier molecular flexibility index (Phi) is 10.6. The van der Waals surface area contributed by atoms with E-state index >= 15 is 0 Å². The fraction of sp³-hybridized carbons (Fsp3) is 0.286. The monoisotopic (exact) mass is 571 g/mol. The Balaban J connectivity index is 1.53. The molecule has 0 unspecified atom stereocenters. The molecule has 0 spiro atoms. The van der Waals surface area contributed by atoms with Crippen LogP contribution in [0.3, 0.4) is 0 Å². The lowest BCUT2D eigenvalue weighted by Gasteiger charge is -2.12. The summed E-state index contributed by atoms with van der Waals surface area (Å²) in [5.41, 5.74) is 1.74. The normalized spacial score (nSPS) is 11.2. The molecule has 39 heavy (non-hydrogen) atoms. The van der Waals surface area contributed by atoms with Gasteiger partial charge in [-0.25, -0.2) is 13.1 Å². The first-order valence-electron chi connectivity index (χ1n) is 12.4. The Morgan fingerprint density at radius 3 is 2.13 bits per heavy atom. The Labute approximate surface area is 233 Å². The van der Waals surface area contributed by atoms with Gasteiger partial charge in [-0.3, -0.25) is 19.4 Å². The second-order valence-corrected chi connectivity index (χ2v) is 10.9. The van der Waals surface area contributed by atoms with E-state index in [1.54, 1.807) is 12.1 Å². The van der Waals surface area contributed by atoms with Gasteiger partial charge in [0.2, 0.25) is 0 Å². The number of carbonyl (C=O) groups is 3. The van der Waals surface area contributed by atoms with E-state index in [0.29, 0.717) is 36.5 Å². The molecule has 11 heteroatoms. The summed E-state index contributed by atoms with van der Waals surface area (Å²) in [4.78, 5) is 40.8. The van der Waals surface area contributed by atoms with E-state index in [0.717, 1.165) is 5.56 Å². The van der Waals surface area contributed by atoms with Gasteiger partial charge in [0.25, 0.3) is 21.8 Å². The molecule has 0 saturated carbocycles. The van der Waals surface area contributed by atoms with E-state index in [-0.39, 0.29) is 40.4 Å². The number of hydrogen-bond acceptors (Lipinski definition) is 7. The summed E-state index contributed by atoms with van der Waals surface area (Å²) < 4.78 is 32.6. The summed E-state index contributed by atoms with van der Waals surface area (Å²) in [6.45, 7) is 4.16. The zero-order valence-electron chi connectivity index (χ0n) is 21.6. The maximum absolute atomic E-state index is 12.7. The van der Waals surface area contributed by atoms with E-state index in [1.165, 1.54) is 42.6 Å². The number of nitrogens with zero attached hydrogens (tertiary/aromatic N) is 1. The predicted octanol–water partition coefficient (Wildman–Crippen LogP) is 4.31. The Morgan fingerprint density at radius 1 is 0.897 bits per heavy atom. The summed E-state index contributed by atoms with van der Waals surface area (Å²) in [6.07, 6.45) is 3.18. The highest BCUT2D eigenvalue weighted by atomic mass is 35.5. The van der Waals surface area contributed by atoms with Crippen molar-refractivity contribution in [1.29, 1.82) is 0 Å². The first-order valence-corrected chi connectivity index (χ1v) is 14.3. The van der Waals surface area contributed by atoms with Gasteiger partial charge in [0, 0.05) is 23.3 Å². The van der Waals surface area contributed by atoms with Gasteiger partial charge in [0.1, 0.15) is 6.61 Å². The molecule has 2 aromatic carbocycles. The standard InChI is InChI=1S/C28H30ClN3O6S/c1-3-20(4-2)28(35)38-18-24-12-7-22(17-31-24)27(34)32-39(36,37)25-13-8-21(9-14-25)26(33)30-16-15-19-5-10-23(29)11-6-19/h5-14,17,20H,3-4,15-16,18H2,1-2H3,(H,30,33)(H,32,34). The van der Waals surface area contributed by atoms with Gasteiger partial charge < -0.3 is 10.1 Å². The molecule has 1 heterocycles. The molecule has 3 aromatic rings. The molecule has 9 nitrogen and oxygen atoms in total. The molecular formula is C28H30ClN3O6S. The largest absolute Gasteiger partial charge is 0.459 e. The minimum atomic E-state index is -4.19. The average molecular weight is 572 g/mol. The zero-order valence-corrected chi connectivity index (χ0v) is 23.2. The van der Waals surface area contributed by atoms with Crippen LogP contribution in [0, 0.1) is 5.92 Å². The third kappa shape index (κ3) is 8.62. The van der Waals surface area contributed by atoms with Crippen LogP contribution < -0.4 is 10.0 Å². The highest BCUT2D eigenvalue weighted by molar-refractivity contribution is 7.90. The highest BCUT2D eigenvalue weighted by Crippen LogP contribution is 2.14. The van der Waals surface area contributed by atoms with E-state index in [1.807, 2.05) is 30.7 Å². The van der Waals surface area contributed by atoms with Crippen molar-refractivity contribution < 1.29 is 27.5 Å². The molecule has 1 aromatic heterocycles. The van der Waals surface area contributed by atoms with Gasteiger partial charge in [0.05, 0.1) is 22.1 Å². The number of ether oxygens (including phenoxy) is 1. The minimum Gasteiger partial charge on any atom is -0.459 e. The number of pyridine rings is 1. The number of esters is 1. The SMILES string of the molecule is CCC(CC)C(=O)OCc1ccc(C(=O)NS(=O)(=O)c2ccc(C(=O)NCCc3ccc(Cl)cc3)cc2)cn1. The van der Waals surface area contributed by atoms with Gasteiger partial charge in [-0.15, -0.1) is 0 Å². The third-order valence-electron chi connectivity index (χ3n) is 6.03. The van der Waals surface area contributed by atoms with Gasteiger partial charge >= 0.3 is 5.97 Å². The highest BCUT2D eigenvalue weighted by Gasteiger charge is 2.20. The summed E-state index contributed by atoms with van der Waals surface area (Å²) in [7, 11) is -4.19. The molecule has 2 N–H and O–H groups in total. The maximum atomic E-state index is 12.7. The lowest BCUT2D eigenvalue weighted by Crippen LogP contribution is -2.31. The van der Waals surface area contributed by atoms with Gasteiger partial charge in [-0.05, 0) is 73.4 Å². The molecule has 0 saturated heterocycles. The molecule has 0 bridgehead atoms. The second-order valence-electron chi connectivity index (χ2n) is 8.75. The van der Waals surface area contributed by atoms with Crippen LogP contribution in [0.5, 0.6) is 0 Å². The number of carbonyl (C=O) groups excluding carboxylic acids is 3. The molecule has 2 amide bonds. The predicted molar refractivity (Wildman–Crippen MR) is 147 cm³/mol. The van der Waals surface area contributed by atoms with Crippen molar-refractivity contribution in [3.8, 4) is 0 Å². The lowest BCUT2D eigenvalue weighted by atomic mass is 10.0. The Morgan fingerprint density at radius 2 is 1.54 bits per heavy atom. The fourth-order valence-corrected chi connectivity index (χ4v) is 4.73. The molecule has 0 radical (unpaired) electrons. The summed E-state index contributed by atoms with van der Waals surface area (Å²) in [6, 6.07) is 15.4. The minimum absolute atomic E-state index is 0.0188. The number of hydrogen-bond donors (Lipinski definition) is 2. The summed E-state index contributed by atoms with van der Waals surface area (Å²) >= 11 is 5.87. The zero-order chi connectivity index (χ0) is 28.4. The summed E-state index contributed by atoms with van der Waals surface area (Å²) in [5.74, 6) is -1.71. The van der Waals surface area contributed by atoms with Crippen LogP contribution in [0.25, 0.3) is 0 Å². The molecular weight excluding hydrogens is 542 g/mol. The van der Waals surface area contributed by atoms with Gasteiger partial charge in [-0.1, -0.05) is 37.6 Å². The van der Waals surface area contributed by atoms with Crippen LogP contribution in [0.15, 0.2) is 71.8 Å². The van der Waals surface area contributed by atoms with Crippen LogP contribution in [0.1, 0.15) is 58.7 Å². The number of rotatable bonds is 12. The Hall–Kier alpha value is -3.76. The number of halogens is 1. The van der Waals surface area contributed by atoms with Crippen LogP contribution in [-0.4, -0.2) is 37.7 Å². The number of aromatic nitrogens is 1. The number of benzene rings is 2.